The van der Waals surface area contributed by atoms with Crippen molar-refractivity contribution >= 4 is 5.71 Å². The zero-order chi connectivity index (χ0) is 9.84. The van der Waals surface area contributed by atoms with Crippen LogP contribution in [0.25, 0.3) is 0 Å². The number of aromatic hydroxyl groups is 1. The van der Waals surface area contributed by atoms with E-state index >= 15 is 0 Å². The summed E-state index contributed by atoms with van der Waals surface area (Å²) in [6.45, 7) is 1.64. The molecule has 0 bridgehead atoms. The first-order valence-corrected chi connectivity index (χ1v) is 3.75. The molecule has 0 heterocycles. The Morgan fingerprint density at radius 3 is 2.62 bits per heavy atom. The minimum absolute atomic E-state index is 0.0306. The molecule has 0 radical (unpaired) electrons. The third-order valence-corrected chi connectivity index (χ3v) is 1.75. The largest absolute Gasteiger partial charge is 0.504 e. The van der Waals surface area contributed by atoms with Crippen molar-refractivity contribution in [2.24, 2.45) is 5.16 Å². The van der Waals surface area contributed by atoms with Gasteiger partial charge in [-0.2, -0.15) is 0 Å². The molecular weight excluding hydrogens is 170 g/mol. The quantitative estimate of drug-likeness (QED) is 0.414. The van der Waals surface area contributed by atoms with Gasteiger partial charge in [0.1, 0.15) is 0 Å². The minimum atomic E-state index is 0.0306. The first-order chi connectivity index (χ1) is 6.19. The van der Waals surface area contributed by atoms with Crippen LogP contribution >= 0.6 is 0 Å². The summed E-state index contributed by atoms with van der Waals surface area (Å²) in [5.41, 5.74) is 1.10. The fourth-order valence-corrected chi connectivity index (χ4v) is 0.973. The summed E-state index contributed by atoms with van der Waals surface area (Å²) >= 11 is 0. The molecule has 1 rings (SSSR count). The van der Waals surface area contributed by atoms with Gasteiger partial charge >= 0.3 is 0 Å². The Balaban J connectivity index is 3.10. The molecule has 0 aliphatic carbocycles. The van der Waals surface area contributed by atoms with Gasteiger partial charge in [-0.3, -0.25) is 0 Å². The topological polar surface area (TPSA) is 62.0 Å². The number of oxime groups is 1. The Morgan fingerprint density at radius 1 is 1.46 bits per heavy atom. The number of phenols is 1. The molecule has 1 aromatic rings. The van der Waals surface area contributed by atoms with Crippen molar-refractivity contribution in [1.29, 1.82) is 0 Å². The van der Waals surface area contributed by atoms with Crippen LogP contribution in [0.4, 0.5) is 0 Å². The van der Waals surface area contributed by atoms with Gasteiger partial charge in [0.05, 0.1) is 12.8 Å². The zero-order valence-corrected chi connectivity index (χ0v) is 7.48. The van der Waals surface area contributed by atoms with Gasteiger partial charge in [-0.1, -0.05) is 5.16 Å². The first kappa shape index (κ1) is 9.38. The Kier molecular flexibility index (Phi) is 2.74. The Morgan fingerprint density at radius 2 is 2.15 bits per heavy atom. The van der Waals surface area contributed by atoms with E-state index in [1.807, 2.05) is 0 Å². The molecule has 70 valence electrons. The highest BCUT2D eigenvalue weighted by Gasteiger charge is 2.04. The molecule has 2 N–H and O–H groups in total. The van der Waals surface area contributed by atoms with Crippen LogP contribution in [-0.4, -0.2) is 23.1 Å². The van der Waals surface area contributed by atoms with Crippen LogP contribution in [0.2, 0.25) is 0 Å². The number of benzene rings is 1. The van der Waals surface area contributed by atoms with Crippen LogP contribution in [-0.2, 0) is 0 Å². The van der Waals surface area contributed by atoms with E-state index in [4.69, 9.17) is 9.94 Å². The lowest BCUT2D eigenvalue weighted by Gasteiger charge is -2.04. The van der Waals surface area contributed by atoms with Crippen molar-refractivity contribution in [3.63, 3.8) is 0 Å². The zero-order valence-electron chi connectivity index (χ0n) is 7.48. The second kappa shape index (κ2) is 3.80. The van der Waals surface area contributed by atoms with E-state index in [-0.39, 0.29) is 5.75 Å². The second-order valence-corrected chi connectivity index (χ2v) is 2.57. The molecule has 0 aromatic heterocycles. The molecule has 0 atom stereocenters. The molecule has 1 aromatic carbocycles. The maximum absolute atomic E-state index is 9.37. The molecule has 0 amide bonds. The van der Waals surface area contributed by atoms with Crippen molar-refractivity contribution in [2.45, 2.75) is 6.92 Å². The van der Waals surface area contributed by atoms with Crippen molar-refractivity contribution in [3.05, 3.63) is 23.8 Å². The van der Waals surface area contributed by atoms with E-state index in [1.54, 1.807) is 19.1 Å². The third-order valence-electron chi connectivity index (χ3n) is 1.75. The van der Waals surface area contributed by atoms with E-state index in [1.165, 1.54) is 13.2 Å². The van der Waals surface area contributed by atoms with Crippen molar-refractivity contribution in [2.75, 3.05) is 7.11 Å². The van der Waals surface area contributed by atoms with Crippen LogP contribution in [0.15, 0.2) is 23.4 Å². The Labute approximate surface area is 76.1 Å². The highest BCUT2D eigenvalue weighted by molar-refractivity contribution is 5.98. The average molecular weight is 181 g/mol. The van der Waals surface area contributed by atoms with Gasteiger partial charge in [0, 0.05) is 5.56 Å². The minimum Gasteiger partial charge on any atom is -0.504 e. The average Bonchev–Trinajstić information content (AvgIpc) is 2.16. The predicted molar refractivity (Wildman–Crippen MR) is 48.7 cm³/mol. The highest BCUT2D eigenvalue weighted by Crippen LogP contribution is 2.26. The second-order valence-electron chi connectivity index (χ2n) is 2.57. The van der Waals surface area contributed by atoms with Gasteiger partial charge < -0.3 is 15.1 Å². The van der Waals surface area contributed by atoms with Crippen molar-refractivity contribution in [1.82, 2.24) is 0 Å². The molecule has 0 fully saturated rings. The van der Waals surface area contributed by atoms with Crippen LogP contribution in [0.3, 0.4) is 0 Å². The van der Waals surface area contributed by atoms with Crippen molar-refractivity contribution in [3.8, 4) is 11.5 Å². The van der Waals surface area contributed by atoms with Gasteiger partial charge in [-0.25, -0.2) is 0 Å². The first-order valence-electron chi connectivity index (χ1n) is 3.75. The van der Waals surface area contributed by atoms with Gasteiger partial charge in [-0.05, 0) is 25.1 Å². The van der Waals surface area contributed by atoms with Gasteiger partial charge in [-0.15, -0.1) is 0 Å². The van der Waals surface area contributed by atoms with Gasteiger partial charge in [0.15, 0.2) is 11.5 Å². The number of methoxy groups -OCH3 is 1. The fourth-order valence-electron chi connectivity index (χ4n) is 0.973. The summed E-state index contributed by atoms with van der Waals surface area (Å²) in [6, 6.07) is 4.79. The highest BCUT2D eigenvalue weighted by atomic mass is 16.5. The molecule has 0 saturated heterocycles. The van der Waals surface area contributed by atoms with E-state index < -0.39 is 0 Å². The molecule has 13 heavy (non-hydrogen) atoms. The number of rotatable bonds is 2. The molecule has 0 aliphatic heterocycles. The normalized spacial score (nSPS) is 11.4. The number of nitrogens with zero attached hydrogens (tertiary/aromatic N) is 1. The van der Waals surface area contributed by atoms with Crippen molar-refractivity contribution < 1.29 is 15.1 Å². The number of ether oxygens (including phenoxy) is 1. The van der Waals surface area contributed by atoms with Crippen LogP contribution < -0.4 is 4.74 Å². The molecule has 0 saturated carbocycles. The Hall–Kier alpha value is -1.71. The summed E-state index contributed by atoms with van der Waals surface area (Å²) in [4.78, 5) is 0. The Bertz CT molecular complexity index is 334. The van der Waals surface area contributed by atoms with Gasteiger partial charge in [0.2, 0.25) is 0 Å². The maximum atomic E-state index is 9.37. The number of phenolic OH excluding ortho intramolecular Hbond substituents is 1. The summed E-state index contributed by atoms with van der Waals surface area (Å²) in [6.07, 6.45) is 0. The molecule has 4 heteroatoms. The summed E-state index contributed by atoms with van der Waals surface area (Å²) in [5, 5.41) is 20.9. The standard InChI is InChI=1S/C9H11NO3/c1-6(10-12)7-3-4-9(13-2)8(11)5-7/h3-5,11-12H,1-2H3. The predicted octanol–water partition coefficient (Wildman–Crippen LogP) is 1.60. The van der Waals surface area contributed by atoms with E-state index in [0.717, 1.165) is 0 Å². The molecular formula is C9H11NO3. The van der Waals surface area contributed by atoms with E-state index in [9.17, 15) is 5.11 Å². The fraction of sp³-hybridized carbons (Fsp3) is 0.222. The lowest BCUT2D eigenvalue weighted by atomic mass is 10.1. The van der Waals surface area contributed by atoms with E-state index in [2.05, 4.69) is 5.16 Å². The molecule has 0 spiro atoms. The van der Waals surface area contributed by atoms with Crippen LogP contribution in [0.5, 0.6) is 11.5 Å². The lowest BCUT2D eigenvalue weighted by molar-refractivity contribution is 0.319. The summed E-state index contributed by atoms with van der Waals surface area (Å²) in [7, 11) is 1.47. The molecule has 0 unspecified atom stereocenters. The van der Waals surface area contributed by atoms with Crippen LogP contribution in [0, 0.1) is 0 Å². The number of hydrogen-bond acceptors (Lipinski definition) is 4. The number of hydrogen-bond donors (Lipinski definition) is 2. The third kappa shape index (κ3) is 1.90. The summed E-state index contributed by atoms with van der Waals surface area (Å²) < 4.78 is 4.86. The monoisotopic (exact) mass is 181 g/mol. The van der Waals surface area contributed by atoms with Gasteiger partial charge in [0.25, 0.3) is 0 Å². The lowest BCUT2D eigenvalue weighted by Crippen LogP contribution is -1.94. The maximum Gasteiger partial charge on any atom is 0.160 e. The molecule has 0 aliphatic rings. The summed E-state index contributed by atoms with van der Waals surface area (Å²) in [5.74, 6) is 0.428. The smallest absolute Gasteiger partial charge is 0.160 e. The van der Waals surface area contributed by atoms with E-state index in [0.29, 0.717) is 17.0 Å². The SMILES string of the molecule is COc1ccc(C(C)=NO)cc1O. The molecule has 4 nitrogen and oxygen atoms in total. The van der Waals surface area contributed by atoms with Crippen LogP contribution in [0.1, 0.15) is 12.5 Å².